The summed E-state index contributed by atoms with van der Waals surface area (Å²) in [5.74, 6) is -0.458. The zero-order valence-electron chi connectivity index (χ0n) is 13.7. The molecule has 0 aliphatic rings. The van der Waals surface area contributed by atoms with Gasteiger partial charge in [0.2, 0.25) is 0 Å². The third kappa shape index (κ3) is 6.29. The van der Waals surface area contributed by atoms with Gasteiger partial charge in [0.1, 0.15) is 0 Å². The van der Waals surface area contributed by atoms with Crippen molar-refractivity contribution in [1.29, 1.82) is 0 Å². The van der Waals surface area contributed by atoms with Crippen molar-refractivity contribution in [3.63, 3.8) is 0 Å². The number of esters is 1. The molecule has 0 amide bonds. The minimum absolute atomic E-state index is 0.0162. The summed E-state index contributed by atoms with van der Waals surface area (Å²) in [6, 6.07) is 6.12. The molecule has 1 aromatic carbocycles. The highest BCUT2D eigenvalue weighted by Crippen LogP contribution is 2.16. The van der Waals surface area contributed by atoms with Crippen LogP contribution in [-0.4, -0.2) is 23.7 Å². The summed E-state index contributed by atoms with van der Waals surface area (Å²) in [6.07, 6.45) is 4.34. The lowest BCUT2D eigenvalue weighted by Gasteiger charge is -2.13. The second-order valence-electron chi connectivity index (χ2n) is 6.21. The predicted octanol–water partition coefficient (Wildman–Crippen LogP) is 4.39. The lowest BCUT2D eigenvalue weighted by atomic mass is 9.98. The first-order chi connectivity index (χ1) is 10.4. The number of hydrogen-bond donors (Lipinski definition) is 1. The monoisotopic (exact) mass is 306 g/mol. The fourth-order valence-electron chi connectivity index (χ4n) is 2.30. The molecule has 1 atom stereocenters. The van der Waals surface area contributed by atoms with Gasteiger partial charge in [-0.1, -0.05) is 52.2 Å². The van der Waals surface area contributed by atoms with E-state index in [9.17, 15) is 9.59 Å². The van der Waals surface area contributed by atoms with Crippen molar-refractivity contribution in [3.8, 4) is 0 Å². The highest BCUT2D eigenvalue weighted by molar-refractivity contribution is 6.02. The van der Waals surface area contributed by atoms with Gasteiger partial charge in [-0.25, -0.2) is 9.59 Å². The van der Waals surface area contributed by atoms with Crippen LogP contribution in [0.4, 0.5) is 0 Å². The highest BCUT2D eigenvalue weighted by atomic mass is 16.5. The van der Waals surface area contributed by atoms with Crippen LogP contribution in [0.3, 0.4) is 0 Å². The Morgan fingerprint density at radius 1 is 1.05 bits per heavy atom. The smallest absolute Gasteiger partial charge is 0.339 e. The molecule has 0 heterocycles. The first-order valence-corrected chi connectivity index (χ1v) is 7.91. The zero-order chi connectivity index (χ0) is 16.5. The maximum Gasteiger partial charge on any atom is 0.339 e. The third-order valence-electron chi connectivity index (χ3n) is 3.70. The fraction of sp³-hybridized carbons (Fsp3) is 0.556. The topological polar surface area (TPSA) is 63.6 Å². The van der Waals surface area contributed by atoms with Crippen molar-refractivity contribution in [3.05, 3.63) is 35.4 Å². The van der Waals surface area contributed by atoms with Gasteiger partial charge < -0.3 is 9.84 Å². The number of rotatable bonds is 9. The van der Waals surface area contributed by atoms with E-state index in [1.165, 1.54) is 25.0 Å². The van der Waals surface area contributed by atoms with Crippen LogP contribution >= 0.6 is 0 Å². The Bertz CT molecular complexity index is 494. The molecule has 4 nitrogen and oxygen atoms in total. The Morgan fingerprint density at radius 3 is 2.27 bits per heavy atom. The number of hydrogen-bond acceptors (Lipinski definition) is 3. The summed E-state index contributed by atoms with van der Waals surface area (Å²) >= 11 is 0. The van der Waals surface area contributed by atoms with Gasteiger partial charge in [-0.2, -0.15) is 0 Å². The number of carboxylic acids is 1. The molecule has 0 spiro atoms. The Morgan fingerprint density at radius 2 is 1.68 bits per heavy atom. The largest absolute Gasteiger partial charge is 0.478 e. The van der Waals surface area contributed by atoms with Gasteiger partial charge in [-0.3, -0.25) is 0 Å². The molecule has 1 N–H and O–H groups in total. The van der Waals surface area contributed by atoms with Gasteiger partial charge >= 0.3 is 11.9 Å². The first kappa shape index (κ1) is 18.2. The Balaban J connectivity index is 2.39. The minimum atomic E-state index is -1.12. The van der Waals surface area contributed by atoms with E-state index in [2.05, 4.69) is 20.8 Å². The number of benzene rings is 1. The normalized spacial score (nSPS) is 12.2. The molecular formula is C18H26O4. The molecule has 0 fully saturated rings. The molecule has 0 saturated heterocycles. The van der Waals surface area contributed by atoms with Gasteiger partial charge in [0.15, 0.2) is 0 Å². The first-order valence-electron chi connectivity index (χ1n) is 7.91. The molecular weight excluding hydrogens is 280 g/mol. The molecule has 22 heavy (non-hydrogen) atoms. The number of ether oxygens (including phenoxy) is 1. The van der Waals surface area contributed by atoms with E-state index < -0.39 is 11.9 Å². The summed E-state index contributed by atoms with van der Waals surface area (Å²) in [5, 5.41) is 9.06. The lowest BCUT2D eigenvalue weighted by Crippen LogP contribution is -2.13. The van der Waals surface area contributed by atoms with Gasteiger partial charge in [0.25, 0.3) is 0 Å². The minimum Gasteiger partial charge on any atom is -0.478 e. The summed E-state index contributed by atoms with van der Waals surface area (Å²) in [6.45, 7) is 6.91. The van der Waals surface area contributed by atoms with Crippen molar-refractivity contribution < 1.29 is 19.4 Å². The second-order valence-corrected chi connectivity index (χ2v) is 6.21. The van der Waals surface area contributed by atoms with Crippen molar-refractivity contribution in [2.75, 3.05) is 6.61 Å². The fourth-order valence-corrected chi connectivity index (χ4v) is 2.30. The van der Waals surface area contributed by atoms with E-state index >= 15 is 0 Å². The van der Waals surface area contributed by atoms with E-state index in [4.69, 9.17) is 9.84 Å². The van der Waals surface area contributed by atoms with Crippen LogP contribution < -0.4 is 0 Å². The molecule has 0 radical (unpaired) electrons. The number of carboxylic acid groups (broad SMARTS) is 1. The summed E-state index contributed by atoms with van der Waals surface area (Å²) < 4.78 is 5.21. The molecule has 1 rings (SSSR count). The Kier molecular flexibility index (Phi) is 7.64. The van der Waals surface area contributed by atoms with E-state index in [0.717, 1.165) is 18.8 Å². The molecule has 4 heteroatoms. The van der Waals surface area contributed by atoms with Crippen molar-refractivity contribution in [1.82, 2.24) is 0 Å². The number of carbonyl (C=O) groups is 2. The predicted molar refractivity (Wildman–Crippen MR) is 86.2 cm³/mol. The standard InChI is InChI=1S/C18H26O4/c1-13(2)7-6-8-14(3)11-12-22-18(21)16-10-5-4-9-15(16)17(19)20/h4-5,9-10,13-14H,6-8,11-12H2,1-3H3,(H,19,20). The van der Waals surface area contributed by atoms with E-state index in [-0.39, 0.29) is 11.1 Å². The second kappa shape index (κ2) is 9.23. The third-order valence-corrected chi connectivity index (χ3v) is 3.70. The van der Waals surface area contributed by atoms with Crippen LogP contribution in [0.2, 0.25) is 0 Å². The highest BCUT2D eigenvalue weighted by Gasteiger charge is 2.17. The van der Waals surface area contributed by atoms with Crippen molar-refractivity contribution in [2.45, 2.75) is 46.5 Å². The molecule has 0 saturated carbocycles. The average molecular weight is 306 g/mol. The molecule has 0 aromatic heterocycles. The van der Waals surface area contributed by atoms with Crippen LogP contribution in [0.1, 0.15) is 67.2 Å². The van der Waals surface area contributed by atoms with Crippen LogP contribution in [-0.2, 0) is 4.74 Å². The summed E-state index contributed by atoms with van der Waals surface area (Å²) in [4.78, 5) is 23.0. The SMILES string of the molecule is CC(C)CCCC(C)CCOC(=O)c1ccccc1C(=O)O. The van der Waals surface area contributed by atoms with Crippen LogP contribution in [0.15, 0.2) is 24.3 Å². The summed E-state index contributed by atoms with van der Waals surface area (Å²) in [5.41, 5.74) is 0.0972. The maximum atomic E-state index is 12.0. The van der Waals surface area contributed by atoms with Crippen LogP contribution in [0, 0.1) is 11.8 Å². The lowest BCUT2D eigenvalue weighted by molar-refractivity contribution is 0.0474. The quantitative estimate of drug-likeness (QED) is 0.687. The zero-order valence-corrected chi connectivity index (χ0v) is 13.7. The van der Waals surface area contributed by atoms with Crippen molar-refractivity contribution >= 4 is 11.9 Å². The Hall–Kier alpha value is -1.84. The average Bonchev–Trinajstić information content (AvgIpc) is 2.46. The van der Waals surface area contributed by atoms with Gasteiger partial charge in [0, 0.05) is 0 Å². The van der Waals surface area contributed by atoms with Gasteiger partial charge in [0.05, 0.1) is 17.7 Å². The van der Waals surface area contributed by atoms with E-state index in [0.29, 0.717) is 12.5 Å². The Labute approximate surface area is 132 Å². The molecule has 122 valence electrons. The van der Waals surface area contributed by atoms with E-state index in [1.807, 2.05) is 0 Å². The maximum absolute atomic E-state index is 12.0. The van der Waals surface area contributed by atoms with Crippen LogP contribution in [0.25, 0.3) is 0 Å². The van der Waals surface area contributed by atoms with Crippen LogP contribution in [0.5, 0.6) is 0 Å². The van der Waals surface area contributed by atoms with Crippen molar-refractivity contribution in [2.24, 2.45) is 11.8 Å². The molecule has 0 aliphatic heterocycles. The molecule has 0 bridgehead atoms. The number of aromatic carboxylic acids is 1. The van der Waals surface area contributed by atoms with Gasteiger partial charge in [-0.15, -0.1) is 0 Å². The van der Waals surface area contributed by atoms with E-state index in [1.54, 1.807) is 12.1 Å². The molecule has 1 aromatic rings. The van der Waals surface area contributed by atoms with Gasteiger partial charge in [-0.05, 0) is 30.4 Å². The number of carbonyl (C=O) groups excluding carboxylic acids is 1. The summed E-state index contributed by atoms with van der Waals surface area (Å²) in [7, 11) is 0. The molecule has 0 aliphatic carbocycles. The molecule has 1 unspecified atom stereocenters.